The Kier molecular flexibility index (Phi) is 17.0. The molecule has 0 unspecified atom stereocenters. The van der Waals surface area contributed by atoms with Crippen molar-refractivity contribution in [1.82, 2.24) is 39.9 Å². The van der Waals surface area contributed by atoms with E-state index >= 15 is 0 Å². The molecule has 116 heavy (non-hydrogen) atoms. The third kappa shape index (κ3) is 11.0. The highest BCUT2D eigenvalue weighted by molar-refractivity contribution is 6.07. The lowest BCUT2D eigenvalue weighted by molar-refractivity contribution is 0.745. The van der Waals surface area contributed by atoms with Crippen LogP contribution in [-0.4, -0.2) is 39.9 Å². The zero-order valence-electron chi connectivity index (χ0n) is 63.3. The van der Waals surface area contributed by atoms with Crippen LogP contribution in [0.1, 0.15) is 89.0 Å². The molecule has 21 rings (SSSR count). The Morgan fingerprint density at radius 3 is 0.517 bits per heavy atom. The molecule has 2 aliphatic rings. The molecule has 5 heterocycles. The third-order valence-electron chi connectivity index (χ3n) is 24.0. The van der Waals surface area contributed by atoms with Gasteiger partial charge in [-0.1, -0.05) is 413 Å². The standard InChI is InChI=1S/C108H74N8/c1-13-37-73(38-14-1)105(74-39-15-2-16-40-74,75-41-17-3-18-42-75)85-61-65-89-93(69-85)101-110-97(89)109-98-90-66-62-86(106(76-43-19-4-20-44-76,77-45-21-5-22-46-77)78-47-23-6-24-48-78)70-94(90)102(111-98)113-100-92-68-64-88(108(82-55-31-10-32-56-82,83-57-33-11-34-58-83)84-59-35-12-36-60-84)72-96(92)104(115-100)116-103-95-71-87(63-67-91(95)99(112-101)114-103)107(79-49-25-7-26-50-79,80-51-27-8-28-52-80)81-53-29-9-30-54-81/h1-72H,(H2,109,110,111,112,113,114,115,116). The summed E-state index contributed by atoms with van der Waals surface area (Å²) in [6.07, 6.45) is 0. The number of nitrogens with zero attached hydrogens (tertiary/aromatic N) is 6. The molecule has 16 aromatic carbocycles. The molecule has 3 aromatic heterocycles. The summed E-state index contributed by atoms with van der Waals surface area (Å²) in [6.45, 7) is 0. The maximum atomic E-state index is 5.99. The smallest absolute Gasteiger partial charge is 0.164 e. The molecule has 0 spiro atoms. The molecule has 0 radical (unpaired) electrons. The largest absolute Gasteiger partial charge is 0.324 e. The van der Waals surface area contributed by atoms with Crippen LogP contribution in [0.5, 0.6) is 0 Å². The van der Waals surface area contributed by atoms with Crippen molar-refractivity contribution in [2.45, 2.75) is 21.7 Å². The van der Waals surface area contributed by atoms with Crippen molar-refractivity contribution in [3.8, 4) is 45.6 Å². The van der Waals surface area contributed by atoms with Gasteiger partial charge >= 0.3 is 0 Å². The first-order valence-corrected chi connectivity index (χ1v) is 39.6. The van der Waals surface area contributed by atoms with Crippen LogP contribution in [0, 0.1) is 0 Å². The number of hydrogen-bond acceptors (Lipinski definition) is 6. The number of aromatic amines is 2. The van der Waals surface area contributed by atoms with Crippen molar-refractivity contribution < 1.29 is 0 Å². The molecular weight excluding hydrogens is 1410 g/mol. The summed E-state index contributed by atoms with van der Waals surface area (Å²) in [5.41, 5.74) is 19.7. The van der Waals surface area contributed by atoms with Crippen LogP contribution in [0.2, 0.25) is 0 Å². The van der Waals surface area contributed by atoms with Crippen molar-refractivity contribution in [3.05, 3.63) is 526 Å². The molecule has 546 valence electrons. The van der Waals surface area contributed by atoms with Crippen molar-refractivity contribution in [2.75, 3.05) is 0 Å². The highest BCUT2D eigenvalue weighted by atomic mass is 15.1. The van der Waals surface area contributed by atoms with Crippen molar-refractivity contribution in [2.24, 2.45) is 0 Å². The fraction of sp³-hybridized carbons (Fsp3) is 0.0370. The average molecular weight is 1480 g/mol. The summed E-state index contributed by atoms with van der Waals surface area (Å²) in [5, 5.41) is 3.35. The van der Waals surface area contributed by atoms with Gasteiger partial charge in [0.2, 0.25) is 0 Å². The second-order valence-corrected chi connectivity index (χ2v) is 30.0. The lowest BCUT2D eigenvalue weighted by Crippen LogP contribution is -2.31. The van der Waals surface area contributed by atoms with E-state index in [0.717, 1.165) is 133 Å². The first-order chi connectivity index (χ1) is 57.5. The fourth-order valence-corrected chi connectivity index (χ4v) is 19.0. The maximum Gasteiger partial charge on any atom is 0.164 e. The van der Waals surface area contributed by atoms with Crippen LogP contribution in [0.25, 0.3) is 89.7 Å². The second-order valence-electron chi connectivity index (χ2n) is 30.0. The van der Waals surface area contributed by atoms with Crippen LogP contribution >= 0.6 is 0 Å². The van der Waals surface area contributed by atoms with Gasteiger partial charge in [0.15, 0.2) is 23.3 Å². The number of aromatic nitrogens is 8. The monoisotopic (exact) mass is 1480 g/mol. The van der Waals surface area contributed by atoms with E-state index in [2.05, 4.69) is 447 Å². The summed E-state index contributed by atoms with van der Waals surface area (Å²) >= 11 is 0. The van der Waals surface area contributed by atoms with Gasteiger partial charge in [-0.05, 0) is 113 Å². The van der Waals surface area contributed by atoms with Crippen molar-refractivity contribution in [3.63, 3.8) is 0 Å². The van der Waals surface area contributed by atoms with Gasteiger partial charge in [-0.25, -0.2) is 29.9 Å². The Morgan fingerprint density at radius 2 is 0.310 bits per heavy atom. The Bertz CT molecular complexity index is 6630. The Hall–Kier alpha value is -15.1. The zero-order valence-corrected chi connectivity index (χ0v) is 63.3. The fourth-order valence-electron chi connectivity index (χ4n) is 19.0. The predicted molar refractivity (Wildman–Crippen MR) is 469 cm³/mol. The Morgan fingerprint density at radius 1 is 0.138 bits per heavy atom. The molecule has 8 nitrogen and oxygen atoms in total. The topological polar surface area (TPSA) is 109 Å². The van der Waals surface area contributed by atoms with E-state index in [1.165, 1.54) is 0 Å². The van der Waals surface area contributed by atoms with Crippen molar-refractivity contribution in [1.29, 1.82) is 0 Å². The molecule has 8 bridgehead atoms. The lowest BCUT2D eigenvalue weighted by Gasteiger charge is -2.37. The van der Waals surface area contributed by atoms with E-state index in [1.807, 2.05) is 0 Å². The second kappa shape index (κ2) is 28.6. The molecule has 0 amide bonds. The van der Waals surface area contributed by atoms with Gasteiger partial charge in [0.25, 0.3) is 0 Å². The molecule has 8 heteroatoms. The van der Waals surface area contributed by atoms with Gasteiger partial charge in [0.1, 0.15) is 22.6 Å². The van der Waals surface area contributed by atoms with Crippen LogP contribution < -0.4 is 0 Å². The van der Waals surface area contributed by atoms with E-state index in [0.29, 0.717) is 45.9 Å². The van der Waals surface area contributed by atoms with Crippen LogP contribution in [0.4, 0.5) is 0 Å². The molecule has 0 fully saturated rings. The minimum atomic E-state index is -0.823. The number of H-pyrrole nitrogens is 2. The first kappa shape index (κ1) is 68.9. The Labute approximate surface area is 672 Å². The maximum absolute atomic E-state index is 5.99. The third-order valence-corrected chi connectivity index (χ3v) is 24.0. The van der Waals surface area contributed by atoms with E-state index in [1.54, 1.807) is 0 Å². The number of fused-ring (bicyclic) bond motifs is 20. The molecule has 0 atom stereocenters. The average Bonchev–Trinajstić information content (AvgIpc) is 1.32. The highest BCUT2D eigenvalue weighted by Gasteiger charge is 2.44. The van der Waals surface area contributed by atoms with Gasteiger partial charge in [0, 0.05) is 43.8 Å². The van der Waals surface area contributed by atoms with Gasteiger partial charge in [-0.2, -0.15) is 0 Å². The molecule has 0 saturated carbocycles. The number of benzene rings is 16. The van der Waals surface area contributed by atoms with Gasteiger partial charge in [-0.15, -0.1) is 0 Å². The minimum Gasteiger partial charge on any atom is -0.324 e. The normalized spacial score (nSPS) is 12.1. The summed E-state index contributed by atoms with van der Waals surface area (Å²) in [4.78, 5) is 42.9. The van der Waals surface area contributed by atoms with Crippen LogP contribution in [0.15, 0.2) is 437 Å². The van der Waals surface area contributed by atoms with Crippen LogP contribution in [0.3, 0.4) is 0 Å². The van der Waals surface area contributed by atoms with Gasteiger partial charge in [-0.3, -0.25) is 0 Å². The number of hydrogen-bond donors (Lipinski definition) is 2. The summed E-state index contributed by atoms with van der Waals surface area (Å²) in [5.74, 6) is 1.91. The minimum absolute atomic E-state index is 0.469. The number of rotatable bonds is 16. The molecular formula is C108H74N8. The van der Waals surface area contributed by atoms with Gasteiger partial charge < -0.3 is 9.97 Å². The summed E-state index contributed by atoms with van der Waals surface area (Å²) in [7, 11) is 0. The summed E-state index contributed by atoms with van der Waals surface area (Å²) < 4.78 is 0. The van der Waals surface area contributed by atoms with E-state index in [-0.39, 0.29) is 0 Å². The molecule has 0 aliphatic carbocycles. The van der Waals surface area contributed by atoms with Gasteiger partial charge in [0.05, 0.1) is 21.7 Å². The molecule has 19 aromatic rings. The van der Waals surface area contributed by atoms with E-state index < -0.39 is 21.7 Å². The van der Waals surface area contributed by atoms with Crippen LogP contribution in [-0.2, 0) is 21.7 Å². The SMILES string of the molecule is c1ccc(C(c2ccccc2)(c2ccccc2)c2ccc3c(c2)-c2nc-3nc3[nH]c(nc4nc(nc5[nH]c(n2)c2ccc(C(c6ccccc6)(c6ccccc6)c6ccccc6)cc52)-c2cc(C(c5ccccc5)(c5ccccc5)c5ccccc5)ccc2-4)c2cc(C(c4ccccc4)(c4ccccc4)c4ccccc4)ccc32)cc1. The molecule has 0 saturated heterocycles. The molecule has 2 aliphatic heterocycles. The quantitative estimate of drug-likeness (QED) is 0.0933. The van der Waals surface area contributed by atoms with E-state index in [4.69, 9.17) is 29.9 Å². The zero-order chi connectivity index (χ0) is 77.0. The number of nitrogens with one attached hydrogen (secondary N) is 2. The lowest BCUT2D eigenvalue weighted by atomic mass is 9.65. The Balaban J connectivity index is 0.914. The summed E-state index contributed by atoms with van der Waals surface area (Å²) in [6, 6.07) is 157. The first-order valence-electron chi connectivity index (χ1n) is 39.6. The van der Waals surface area contributed by atoms with Crippen molar-refractivity contribution >= 4 is 44.1 Å². The highest BCUT2D eigenvalue weighted by Crippen LogP contribution is 2.53. The predicted octanol–water partition coefficient (Wildman–Crippen LogP) is 24.4. The van der Waals surface area contributed by atoms with E-state index in [9.17, 15) is 0 Å². The molecule has 2 N–H and O–H groups in total.